The summed E-state index contributed by atoms with van der Waals surface area (Å²) in [4.78, 5) is 0. The van der Waals surface area contributed by atoms with Gasteiger partial charge in [0.2, 0.25) is 0 Å². The lowest BCUT2D eigenvalue weighted by molar-refractivity contribution is 0.0536. The number of aliphatic hydroxyl groups is 3. The minimum Gasteiger partial charge on any atom is -0.491 e. The molecule has 0 saturated carbocycles. The van der Waals surface area contributed by atoms with Crippen LogP contribution in [-0.4, -0.2) is 41.2 Å². The van der Waals surface area contributed by atoms with Gasteiger partial charge in [0.15, 0.2) is 0 Å². The summed E-state index contributed by atoms with van der Waals surface area (Å²) in [5, 5.41) is 26.3. The van der Waals surface area contributed by atoms with Crippen molar-refractivity contribution in [2.75, 3.05) is 19.8 Å². The molecule has 0 fully saturated rings. The zero-order chi connectivity index (χ0) is 11.1. The third-order valence-electron chi connectivity index (χ3n) is 1.98. The van der Waals surface area contributed by atoms with E-state index in [1.807, 2.05) is 12.1 Å². The third-order valence-corrected chi connectivity index (χ3v) is 1.98. The zero-order valence-corrected chi connectivity index (χ0v) is 8.47. The number of rotatable bonds is 6. The second-order valence-corrected chi connectivity index (χ2v) is 3.26. The van der Waals surface area contributed by atoms with E-state index in [2.05, 4.69) is 0 Å². The molecule has 84 valence electrons. The molecule has 0 spiro atoms. The summed E-state index contributed by atoms with van der Waals surface area (Å²) in [6, 6.07) is 7.26. The molecule has 0 unspecified atom stereocenters. The first kappa shape index (κ1) is 12.0. The van der Waals surface area contributed by atoms with E-state index < -0.39 is 6.10 Å². The number of ether oxygens (including phenoxy) is 1. The highest BCUT2D eigenvalue weighted by atomic mass is 16.5. The van der Waals surface area contributed by atoms with Crippen molar-refractivity contribution >= 4 is 0 Å². The molecule has 1 aromatic rings. The minimum atomic E-state index is -0.845. The molecule has 0 aromatic heterocycles. The van der Waals surface area contributed by atoms with Crippen LogP contribution >= 0.6 is 0 Å². The molecule has 4 nitrogen and oxygen atoms in total. The molecule has 0 aliphatic heterocycles. The Bertz CT molecular complexity index is 270. The smallest absolute Gasteiger partial charge is 0.119 e. The van der Waals surface area contributed by atoms with Gasteiger partial charge >= 0.3 is 0 Å². The highest BCUT2D eigenvalue weighted by molar-refractivity contribution is 5.27. The highest BCUT2D eigenvalue weighted by Gasteiger charge is 2.02. The number of hydrogen-bond donors (Lipinski definition) is 3. The molecular formula is C11H16O4. The van der Waals surface area contributed by atoms with Gasteiger partial charge in [-0.3, -0.25) is 0 Å². The van der Waals surface area contributed by atoms with Crippen LogP contribution < -0.4 is 4.74 Å². The van der Waals surface area contributed by atoms with E-state index in [0.717, 1.165) is 5.56 Å². The van der Waals surface area contributed by atoms with Gasteiger partial charge < -0.3 is 20.1 Å². The maximum absolute atomic E-state index is 9.05. The Morgan fingerprint density at radius 1 is 1.13 bits per heavy atom. The molecule has 0 bridgehead atoms. The quantitative estimate of drug-likeness (QED) is 0.618. The topological polar surface area (TPSA) is 69.9 Å². The van der Waals surface area contributed by atoms with Gasteiger partial charge in [0.25, 0.3) is 0 Å². The number of benzene rings is 1. The van der Waals surface area contributed by atoms with Crippen LogP contribution in [0.5, 0.6) is 5.75 Å². The predicted octanol–water partition coefficient (Wildman–Crippen LogP) is -0.0466. The van der Waals surface area contributed by atoms with Crippen molar-refractivity contribution in [2.24, 2.45) is 0 Å². The maximum atomic E-state index is 9.05. The van der Waals surface area contributed by atoms with Crippen molar-refractivity contribution in [2.45, 2.75) is 12.5 Å². The van der Waals surface area contributed by atoms with Gasteiger partial charge in [-0.25, -0.2) is 0 Å². The molecule has 1 atom stereocenters. The van der Waals surface area contributed by atoms with Crippen LogP contribution in [0.3, 0.4) is 0 Å². The lowest BCUT2D eigenvalue weighted by Gasteiger charge is -2.09. The summed E-state index contributed by atoms with van der Waals surface area (Å²) >= 11 is 0. The van der Waals surface area contributed by atoms with Gasteiger partial charge in [-0.15, -0.1) is 0 Å². The van der Waals surface area contributed by atoms with Crippen molar-refractivity contribution in [3.8, 4) is 5.75 Å². The number of aliphatic hydroxyl groups excluding tert-OH is 3. The minimum absolute atomic E-state index is 0.0792. The fourth-order valence-corrected chi connectivity index (χ4v) is 1.13. The highest BCUT2D eigenvalue weighted by Crippen LogP contribution is 2.12. The zero-order valence-electron chi connectivity index (χ0n) is 8.47. The van der Waals surface area contributed by atoms with E-state index in [1.54, 1.807) is 12.1 Å². The summed E-state index contributed by atoms with van der Waals surface area (Å²) in [6.45, 7) is -0.0954. The summed E-state index contributed by atoms with van der Waals surface area (Å²) in [5.74, 6) is 0.643. The Balaban J connectivity index is 2.42. The normalized spacial score (nSPS) is 12.5. The van der Waals surface area contributed by atoms with Gasteiger partial charge in [-0.2, -0.15) is 0 Å². The molecular weight excluding hydrogens is 196 g/mol. The standard InChI is InChI=1S/C11H16O4/c12-6-5-9-1-3-11(4-2-9)15-8-10(14)7-13/h1-4,10,12-14H,5-8H2/t10-/m1/s1. The Morgan fingerprint density at radius 2 is 1.80 bits per heavy atom. The van der Waals surface area contributed by atoms with E-state index in [1.165, 1.54) is 0 Å². The van der Waals surface area contributed by atoms with Crippen LogP contribution in [-0.2, 0) is 6.42 Å². The molecule has 0 radical (unpaired) electrons. The van der Waals surface area contributed by atoms with Crippen LogP contribution in [0, 0.1) is 0 Å². The van der Waals surface area contributed by atoms with E-state index in [9.17, 15) is 0 Å². The molecule has 0 heterocycles. The molecule has 1 aromatic carbocycles. The average Bonchev–Trinajstić information content (AvgIpc) is 2.28. The monoisotopic (exact) mass is 212 g/mol. The van der Waals surface area contributed by atoms with Crippen molar-refractivity contribution in [3.05, 3.63) is 29.8 Å². The second-order valence-electron chi connectivity index (χ2n) is 3.26. The van der Waals surface area contributed by atoms with Gasteiger partial charge in [0, 0.05) is 6.61 Å². The Hall–Kier alpha value is -1.10. The van der Waals surface area contributed by atoms with Gasteiger partial charge in [0.05, 0.1) is 6.61 Å². The lowest BCUT2D eigenvalue weighted by Crippen LogP contribution is -2.21. The van der Waals surface area contributed by atoms with E-state index in [4.69, 9.17) is 20.1 Å². The number of hydrogen-bond acceptors (Lipinski definition) is 4. The first-order valence-electron chi connectivity index (χ1n) is 4.87. The summed E-state index contributed by atoms with van der Waals surface area (Å²) in [5.41, 5.74) is 1.03. The van der Waals surface area contributed by atoms with Crippen LogP contribution in [0.15, 0.2) is 24.3 Å². The van der Waals surface area contributed by atoms with Gasteiger partial charge in [0.1, 0.15) is 18.5 Å². The van der Waals surface area contributed by atoms with Crippen LogP contribution in [0.2, 0.25) is 0 Å². The first-order chi connectivity index (χ1) is 7.26. The van der Waals surface area contributed by atoms with Gasteiger partial charge in [-0.1, -0.05) is 12.1 Å². The molecule has 1 rings (SSSR count). The van der Waals surface area contributed by atoms with Crippen molar-refractivity contribution in [1.82, 2.24) is 0 Å². The van der Waals surface area contributed by atoms with Crippen LogP contribution in [0.1, 0.15) is 5.56 Å². The average molecular weight is 212 g/mol. The lowest BCUT2D eigenvalue weighted by atomic mass is 10.1. The Labute approximate surface area is 88.8 Å². The maximum Gasteiger partial charge on any atom is 0.119 e. The molecule has 0 aliphatic rings. The summed E-state index contributed by atoms with van der Waals surface area (Å²) < 4.78 is 5.22. The molecule has 0 saturated heterocycles. The second kappa shape index (κ2) is 6.40. The SMILES string of the molecule is OCCc1ccc(OC[C@H](O)CO)cc1. The molecule has 0 aliphatic carbocycles. The predicted molar refractivity (Wildman–Crippen MR) is 55.8 cm³/mol. The van der Waals surface area contributed by atoms with E-state index >= 15 is 0 Å². The van der Waals surface area contributed by atoms with Crippen molar-refractivity contribution < 1.29 is 20.1 Å². The summed E-state index contributed by atoms with van der Waals surface area (Å²) in [7, 11) is 0. The largest absolute Gasteiger partial charge is 0.491 e. The molecule has 0 amide bonds. The van der Waals surface area contributed by atoms with E-state index in [-0.39, 0.29) is 19.8 Å². The molecule has 15 heavy (non-hydrogen) atoms. The van der Waals surface area contributed by atoms with Crippen LogP contribution in [0.4, 0.5) is 0 Å². The first-order valence-corrected chi connectivity index (χ1v) is 4.87. The molecule has 4 heteroatoms. The van der Waals surface area contributed by atoms with Crippen molar-refractivity contribution in [1.29, 1.82) is 0 Å². The third kappa shape index (κ3) is 4.29. The van der Waals surface area contributed by atoms with Crippen molar-refractivity contribution in [3.63, 3.8) is 0 Å². The van der Waals surface area contributed by atoms with E-state index in [0.29, 0.717) is 12.2 Å². The fourth-order valence-electron chi connectivity index (χ4n) is 1.13. The fraction of sp³-hybridized carbons (Fsp3) is 0.455. The Kier molecular flexibility index (Phi) is 5.10. The van der Waals surface area contributed by atoms with Gasteiger partial charge in [-0.05, 0) is 24.1 Å². The summed E-state index contributed by atoms with van der Waals surface area (Å²) in [6.07, 6.45) is -0.221. The van der Waals surface area contributed by atoms with Crippen LogP contribution in [0.25, 0.3) is 0 Å². The Morgan fingerprint density at radius 3 is 2.33 bits per heavy atom. The molecule has 3 N–H and O–H groups in total.